The minimum absolute atomic E-state index is 0.111. The maximum absolute atomic E-state index is 11.9. The molecule has 0 aliphatic carbocycles. The third kappa shape index (κ3) is 5.73. The van der Waals surface area contributed by atoms with E-state index in [9.17, 15) is 14.4 Å². The molecule has 0 unspecified atom stereocenters. The van der Waals surface area contributed by atoms with Crippen LogP contribution in [0.3, 0.4) is 0 Å². The van der Waals surface area contributed by atoms with Crippen LogP contribution in [0, 0.1) is 0 Å². The average molecular weight is 320 g/mol. The highest BCUT2D eigenvalue weighted by Gasteiger charge is 2.20. The Hall–Kier alpha value is -2.37. The molecule has 6 nitrogen and oxygen atoms in total. The molecular formula is C17H24N2O4. The molecule has 0 heterocycles. The third-order valence-electron chi connectivity index (χ3n) is 3.40. The number of hydrogen-bond acceptors (Lipinski definition) is 4. The summed E-state index contributed by atoms with van der Waals surface area (Å²) in [6.45, 7) is 4.30. The van der Waals surface area contributed by atoms with Gasteiger partial charge >= 0.3 is 5.97 Å². The van der Waals surface area contributed by atoms with Gasteiger partial charge in [0.2, 0.25) is 11.8 Å². The molecule has 23 heavy (non-hydrogen) atoms. The first kappa shape index (κ1) is 18.7. The van der Waals surface area contributed by atoms with Crippen molar-refractivity contribution in [3.63, 3.8) is 0 Å². The third-order valence-corrected chi connectivity index (χ3v) is 3.40. The zero-order valence-electron chi connectivity index (χ0n) is 13.9. The topological polar surface area (TPSA) is 75.7 Å². The Morgan fingerprint density at radius 1 is 1.22 bits per heavy atom. The lowest BCUT2D eigenvalue weighted by atomic mass is 10.1. The summed E-state index contributed by atoms with van der Waals surface area (Å²) in [7, 11) is 1.29. The van der Waals surface area contributed by atoms with Gasteiger partial charge in [-0.2, -0.15) is 0 Å². The van der Waals surface area contributed by atoms with Gasteiger partial charge in [-0.05, 0) is 18.6 Å². The van der Waals surface area contributed by atoms with E-state index < -0.39 is 5.97 Å². The first-order valence-electron chi connectivity index (χ1n) is 7.73. The van der Waals surface area contributed by atoms with Gasteiger partial charge in [0.25, 0.3) is 0 Å². The van der Waals surface area contributed by atoms with Gasteiger partial charge in [0.1, 0.15) is 0 Å². The standard InChI is InChI=1S/C17H24N2O4/c1-4-5-11-18-16(21)10-12-19(13(2)20)15-9-7-6-8-14(15)17(22)23-3/h6-9H,4-5,10-12H2,1-3H3,(H,18,21). The zero-order chi connectivity index (χ0) is 17.2. The van der Waals surface area contributed by atoms with Crippen molar-refractivity contribution < 1.29 is 19.1 Å². The summed E-state index contributed by atoms with van der Waals surface area (Å²) in [5.74, 6) is -0.859. The summed E-state index contributed by atoms with van der Waals surface area (Å²) in [6, 6.07) is 6.70. The zero-order valence-corrected chi connectivity index (χ0v) is 13.9. The van der Waals surface area contributed by atoms with Crippen LogP contribution in [-0.4, -0.2) is 38.0 Å². The van der Waals surface area contributed by atoms with Gasteiger partial charge in [-0.25, -0.2) is 4.79 Å². The molecule has 6 heteroatoms. The second kappa shape index (κ2) is 9.61. The van der Waals surface area contributed by atoms with E-state index in [4.69, 9.17) is 4.74 Å². The molecule has 126 valence electrons. The van der Waals surface area contributed by atoms with Crippen LogP contribution in [0.4, 0.5) is 5.69 Å². The Morgan fingerprint density at radius 3 is 2.52 bits per heavy atom. The van der Waals surface area contributed by atoms with Gasteiger partial charge in [0, 0.05) is 26.4 Å². The van der Waals surface area contributed by atoms with E-state index in [1.54, 1.807) is 24.3 Å². The summed E-state index contributed by atoms with van der Waals surface area (Å²) in [4.78, 5) is 37.0. The number of esters is 1. The van der Waals surface area contributed by atoms with Gasteiger partial charge in [0.05, 0.1) is 18.4 Å². The predicted octanol–water partition coefficient (Wildman–Crippen LogP) is 2.13. The van der Waals surface area contributed by atoms with Crippen LogP contribution in [0.5, 0.6) is 0 Å². The number of hydrogen-bond donors (Lipinski definition) is 1. The summed E-state index contributed by atoms with van der Waals surface area (Å²) < 4.78 is 4.74. The fraction of sp³-hybridized carbons (Fsp3) is 0.471. The van der Waals surface area contributed by atoms with Crippen molar-refractivity contribution >= 4 is 23.5 Å². The number of anilines is 1. The number of amides is 2. The van der Waals surface area contributed by atoms with Crippen molar-refractivity contribution in [1.29, 1.82) is 0 Å². The normalized spacial score (nSPS) is 10.0. The highest BCUT2D eigenvalue weighted by Crippen LogP contribution is 2.21. The molecule has 1 aromatic carbocycles. The van der Waals surface area contributed by atoms with Gasteiger partial charge in [-0.15, -0.1) is 0 Å². The Kier molecular flexibility index (Phi) is 7.80. The van der Waals surface area contributed by atoms with Gasteiger partial charge in [-0.3, -0.25) is 9.59 Å². The Labute approximate surface area is 136 Å². The molecule has 0 aliphatic rings. The fourth-order valence-electron chi connectivity index (χ4n) is 2.15. The maximum atomic E-state index is 11.9. The van der Waals surface area contributed by atoms with E-state index in [2.05, 4.69) is 5.32 Å². The van der Waals surface area contributed by atoms with Crippen LogP contribution in [0.15, 0.2) is 24.3 Å². The van der Waals surface area contributed by atoms with Crippen molar-refractivity contribution in [1.82, 2.24) is 5.32 Å². The van der Waals surface area contributed by atoms with Gasteiger partial charge in [-0.1, -0.05) is 25.5 Å². The van der Waals surface area contributed by atoms with E-state index in [0.717, 1.165) is 12.8 Å². The lowest BCUT2D eigenvalue weighted by Gasteiger charge is -2.23. The number of carbonyl (C=O) groups is 3. The second-order valence-electron chi connectivity index (χ2n) is 5.13. The largest absolute Gasteiger partial charge is 0.465 e. The number of rotatable bonds is 8. The average Bonchev–Trinajstić information content (AvgIpc) is 2.54. The van der Waals surface area contributed by atoms with Crippen molar-refractivity contribution in [3.05, 3.63) is 29.8 Å². The second-order valence-corrected chi connectivity index (χ2v) is 5.13. The van der Waals surface area contributed by atoms with E-state index in [0.29, 0.717) is 17.8 Å². The lowest BCUT2D eigenvalue weighted by Crippen LogP contribution is -2.35. The van der Waals surface area contributed by atoms with E-state index in [1.165, 1.54) is 18.9 Å². The predicted molar refractivity (Wildman–Crippen MR) is 88.3 cm³/mol. The number of nitrogens with one attached hydrogen (secondary N) is 1. The SMILES string of the molecule is CCCCNC(=O)CCN(C(C)=O)c1ccccc1C(=O)OC. The van der Waals surface area contributed by atoms with Crippen LogP contribution >= 0.6 is 0 Å². The number of para-hydroxylation sites is 1. The van der Waals surface area contributed by atoms with Crippen molar-refractivity contribution in [2.45, 2.75) is 33.1 Å². The molecule has 1 rings (SSSR count). The van der Waals surface area contributed by atoms with E-state index in [1.807, 2.05) is 6.92 Å². The van der Waals surface area contributed by atoms with Crippen LogP contribution in [0.1, 0.15) is 43.5 Å². The molecule has 0 fully saturated rings. The lowest BCUT2D eigenvalue weighted by molar-refractivity contribution is -0.121. The minimum atomic E-state index is -0.515. The van der Waals surface area contributed by atoms with Crippen molar-refractivity contribution in [2.75, 3.05) is 25.1 Å². The summed E-state index contributed by atoms with van der Waals surface area (Å²) >= 11 is 0. The monoisotopic (exact) mass is 320 g/mol. The number of methoxy groups -OCH3 is 1. The molecule has 0 aliphatic heterocycles. The quantitative estimate of drug-likeness (QED) is 0.588. The molecular weight excluding hydrogens is 296 g/mol. The summed E-state index contributed by atoms with van der Waals surface area (Å²) in [5.41, 5.74) is 0.754. The van der Waals surface area contributed by atoms with Gasteiger partial charge < -0.3 is 15.0 Å². The first-order valence-corrected chi connectivity index (χ1v) is 7.73. The van der Waals surface area contributed by atoms with E-state index in [-0.39, 0.29) is 24.8 Å². The molecule has 0 saturated heterocycles. The molecule has 0 bridgehead atoms. The fourth-order valence-corrected chi connectivity index (χ4v) is 2.15. The van der Waals surface area contributed by atoms with Crippen LogP contribution < -0.4 is 10.2 Å². The minimum Gasteiger partial charge on any atom is -0.465 e. The summed E-state index contributed by atoms with van der Waals surface area (Å²) in [6.07, 6.45) is 2.11. The van der Waals surface area contributed by atoms with Gasteiger partial charge in [0.15, 0.2) is 0 Å². The molecule has 0 spiro atoms. The number of ether oxygens (including phenoxy) is 1. The van der Waals surface area contributed by atoms with Crippen LogP contribution in [0.2, 0.25) is 0 Å². The Balaban J connectivity index is 2.82. The molecule has 1 N–H and O–H groups in total. The Bertz CT molecular complexity index is 557. The molecule has 0 aromatic heterocycles. The molecule has 2 amide bonds. The maximum Gasteiger partial charge on any atom is 0.339 e. The molecule has 0 saturated carbocycles. The number of benzene rings is 1. The molecule has 0 atom stereocenters. The van der Waals surface area contributed by atoms with Crippen molar-refractivity contribution in [2.24, 2.45) is 0 Å². The highest BCUT2D eigenvalue weighted by molar-refractivity contribution is 6.02. The van der Waals surface area contributed by atoms with Crippen LogP contribution in [0.25, 0.3) is 0 Å². The molecule has 1 aromatic rings. The van der Waals surface area contributed by atoms with E-state index >= 15 is 0 Å². The first-order chi connectivity index (χ1) is 11.0. The summed E-state index contributed by atoms with van der Waals surface area (Å²) in [5, 5.41) is 2.81. The van der Waals surface area contributed by atoms with Crippen molar-refractivity contribution in [3.8, 4) is 0 Å². The van der Waals surface area contributed by atoms with Crippen LogP contribution in [-0.2, 0) is 14.3 Å². The highest BCUT2D eigenvalue weighted by atomic mass is 16.5. The Morgan fingerprint density at radius 2 is 1.91 bits per heavy atom. The number of nitrogens with zero attached hydrogens (tertiary/aromatic N) is 1. The smallest absolute Gasteiger partial charge is 0.339 e. The molecule has 0 radical (unpaired) electrons. The number of carbonyl (C=O) groups excluding carboxylic acids is 3. The number of unbranched alkanes of at least 4 members (excludes halogenated alkanes) is 1.